The van der Waals surface area contributed by atoms with Crippen LogP contribution in [0.1, 0.15) is 30.7 Å². The third-order valence-corrected chi connectivity index (χ3v) is 5.77. The van der Waals surface area contributed by atoms with Crippen LogP contribution >= 0.6 is 0 Å². The van der Waals surface area contributed by atoms with Crippen molar-refractivity contribution in [3.8, 4) is 17.1 Å². The standard InChI is InChI=1S/C24H28N4O3/c1-3-21(18-7-5-4-6-8-18)24(29)28-15-13-27(14-16-28)17-22-25-23(26-31-22)19-9-11-20(30-2)12-10-19/h4-12,21H,3,13-17H2,1-2H3. The van der Waals surface area contributed by atoms with Crippen LogP contribution in [-0.4, -0.2) is 59.1 Å². The van der Waals surface area contributed by atoms with Gasteiger partial charge < -0.3 is 14.2 Å². The van der Waals surface area contributed by atoms with Crippen LogP contribution in [0.4, 0.5) is 0 Å². The lowest BCUT2D eigenvalue weighted by molar-refractivity contribution is -0.134. The normalized spacial score (nSPS) is 15.6. The third kappa shape index (κ3) is 4.94. The van der Waals surface area contributed by atoms with Crippen LogP contribution in [0, 0.1) is 0 Å². The molecule has 3 aromatic rings. The van der Waals surface area contributed by atoms with Gasteiger partial charge in [-0.15, -0.1) is 0 Å². The van der Waals surface area contributed by atoms with Crippen molar-refractivity contribution >= 4 is 5.91 Å². The highest BCUT2D eigenvalue weighted by Crippen LogP contribution is 2.23. The molecule has 1 aromatic heterocycles. The number of hydrogen-bond donors (Lipinski definition) is 0. The van der Waals surface area contributed by atoms with Gasteiger partial charge in [0.25, 0.3) is 0 Å². The molecule has 1 atom stereocenters. The lowest BCUT2D eigenvalue weighted by atomic mass is 9.95. The monoisotopic (exact) mass is 420 g/mol. The number of piperazine rings is 1. The largest absolute Gasteiger partial charge is 0.497 e. The quantitative estimate of drug-likeness (QED) is 0.582. The number of rotatable bonds is 7. The molecular weight excluding hydrogens is 392 g/mol. The Morgan fingerprint density at radius 3 is 2.42 bits per heavy atom. The zero-order valence-corrected chi connectivity index (χ0v) is 18.0. The number of carbonyl (C=O) groups excluding carboxylic acids is 1. The predicted molar refractivity (Wildman–Crippen MR) is 118 cm³/mol. The number of amides is 1. The molecule has 162 valence electrons. The SMILES string of the molecule is CCC(C(=O)N1CCN(Cc2nc(-c3ccc(OC)cc3)no2)CC1)c1ccccc1. The number of nitrogens with zero attached hydrogens (tertiary/aromatic N) is 4. The Hall–Kier alpha value is -3.19. The molecule has 0 bridgehead atoms. The Morgan fingerprint density at radius 2 is 1.77 bits per heavy atom. The van der Waals surface area contributed by atoms with Gasteiger partial charge in [-0.1, -0.05) is 42.4 Å². The minimum atomic E-state index is -0.0734. The molecule has 1 aliphatic rings. The number of aromatic nitrogens is 2. The molecule has 0 saturated carbocycles. The van der Waals surface area contributed by atoms with Gasteiger partial charge >= 0.3 is 0 Å². The summed E-state index contributed by atoms with van der Waals surface area (Å²) in [6, 6.07) is 17.6. The molecule has 0 aliphatic carbocycles. The summed E-state index contributed by atoms with van der Waals surface area (Å²) < 4.78 is 10.6. The van der Waals surface area contributed by atoms with Crippen LogP contribution in [0.3, 0.4) is 0 Å². The highest BCUT2D eigenvalue weighted by Gasteiger charge is 2.28. The van der Waals surface area contributed by atoms with E-state index in [0.717, 1.165) is 36.4 Å². The van der Waals surface area contributed by atoms with Gasteiger partial charge in [0, 0.05) is 31.7 Å². The summed E-state index contributed by atoms with van der Waals surface area (Å²) in [6.07, 6.45) is 0.805. The molecular formula is C24H28N4O3. The highest BCUT2D eigenvalue weighted by atomic mass is 16.5. The minimum absolute atomic E-state index is 0.0734. The topological polar surface area (TPSA) is 71.7 Å². The van der Waals surface area contributed by atoms with Crippen LogP contribution < -0.4 is 4.74 Å². The van der Waals surface area contributed by atoms with Gasteiger partial charge in [-0.3, -0.25) is 9.69 Å². The Bertz CT molecular complexity index is 980. The summed E-state index contributed by atoms with van der Waals surface area (Å²) in [5, 5.41) is 4.10. The van der Waals surface area contributed by atoms with Gasteiger partial charge in [-0.2, -0.15) is 4.98 Å². The zero-order chi connectivity index (χ0) is 21.6. The van der Waals surface area contributed by atoms with E-state index in [-0.39, 0.29) is 11.8 Å². The molecule has 1 amide bonds. The van der Waals surface area contributed by atoms with E-state index >= 15 is 0 Å². The second-order valence-electron chi connectivity index (χ2n) is 7.71. The first-order valence-electron chi connectivity index (χ1n) is 10.7. The molecule has 0 radical (unpaired) electrons. The Kier molecular flexibility index (Phi) is 6.62. The number of carbonyl (C=O) groups is 1. The summed E-state index contributed by atoms with van der Waals surface area (Å²) in [7, 11) is 1.64. The van der Waals surface area contributed by atoms with Crippen LogP contribution in [-0.2, 0) is 11.3 Å². The van der Waals surface area contributed by atoms with E-state index in [2.05, 4.69) is 22.0 Å². The van der Waals surface area contributed by atoms with Gasteiger partial charge in [-0.25, -0.2) is 0 Å². The summed E-state index contributed by atoms with van der Waals surface area (Å²) in [5.41, 5.74) is 1.98. The van der Waals surface area contributed by atoms with Crippen molar-refractivity contribution < 1.29 is 14.1 Å². The third-order valence-electron chi connectivity index (χ3n) is 5.77. The molecule has 2 heterocycles. The van der Waals surface area contributed by atoms with E-state index in [9.17, 15) is 4.79 Å². The molecule has 0 N–H and O–H groups in total. The second-order valence-corrected chi connectivity index (χ2v) is 7.71. The summed E-state index contributed by atoms with van der Waals surface area (Å²) in [4.78, 5) is 21.8. The van der Waals surface area contributed by atoms with Gasteiger partial charge in [-0.05, 0) is 36.2 Å². The van der Waals surface area contributed by atoms with Crippen LogP contribution in [0.5, 0.6) is 5.75 Å². The van der Waals surface area contributed by atoms with E-state index in [1.165, 1.54) is 0 Å². The fourth-order valence-electron chi connectivity index (χ4n) is 3.95. The second kappa shape index (κ2) is 9.75. The first kappa shape index (κ1) is 21.1. The van der Waals surface area contributed by atoms with Crippen molar-refractivity contribution in [2.45, 2.75) is 25.8 Å². The van der Waals surface area contributed by atoms with Gasteiger partial charge in [0.05, 0.1) is 19.6 Å². The molecule has 2 aromatic carbocycles. The van der Waals surface area contributed by atoms with Crippen molar-refractivity contribution in [2.75, 3.05) is 33.3 Å². The molecule has 4 rings (SSSR count). The summed E-state index contributed by atoms with van der Waals surface area (Å²) in [5.74, 6) is 2.09. The van der Waals surface area contributed by atoms with Crippen molar-refractivity contribution in [2.24, 2.45) is 0 Å². The van der Waals surface area contributed by atoms with Crippen molar-refractivity contribution in [3.05, 3.63) is 66.1 Å². The van der Waals surface area contributed by atoms with Crippen LogP contribution in [0.15, 0.2) is 59.1 Å². The van der Waals surface area contributed by atoms with Gasteiger partial charge in [0.2, 0.25) is 17.6 Å². The number of ether oxygens (including phenoxy) is 1. The minimum Gasteiger partial charge on any atom is -0.497 e. The molecule has 1 saturated heterocycles. The predicted octanol–water partition coefficient (Wildman–Crippen LogP) is 3.58. The molecule has 1 unspecified atom stereocenters. The Morgan fingerprint density at radius 1 is 1.06 bits per heavy atom. The van der Waals surface area contributed by atoms with Crippen LogP contribution in [0.25, 0.3) is 11.4 Å². The van der Waals surface area contributed by atoms with Crippen molar-refractivity contribution in [1.82, 2.24) is 19.9 Å². The summed E-state index contributed by atoms with van der Waals surface area (Å²) in [6.45, 7) is 5.65. The number of benzene rings is 2. The fourth-order valence-corrected chi connectivity index (χ4v) is 3.95. The van der Waals surface area contributed by atoms with Crippen molar-refractivity contribution in [3.63, 3.8) is 0 Å². The first-order chi connectivity index (χ1) is 15.2. The average molecular weight is 421 g/mol. The lowest BCUT2D eigenvalue weighted by Crippen LogP contribution is -2.49. The van der Waals surface area contributed by atoms with E-state index < -0.39 is 0 Å². The number of methoxy groups -OCH3 is 1. The summed E-state index contributed by atoms with van der Waals surface area (Å²) >= 11 is 0. The smallest absolute Gasteiger partial charge is 0.241 e. The molecule has 7 heteroatoms. The maximum Gasteiger partial charge on any atom is 0.241 e. The van der Waals surface area contributed by atoms with E-state index in [0.29, 0.717) is 31.3 Å². The van der Waals surface area contributed by atoms with Gasteiger partial charge in [0.15, 0.2) is 0 Å². The zero-order valence-electron chi connectivity index (χ0n) is 18.0. The van der Waals surface area contributed by atoms with Gasteiger partial charge in [0.1, 0.15) is 5.75 Å². The first-order valence-corrected chi connectivity index (χ1v) is 10.7. The lowest BCUT2D eigenvalue weighted by Gasteiger charge is -2.35. The van der Waals surface area contributed by atoms with E-state index in [4.69, 9.17) is 9.26 Å². The average Bonchev–Trinajstić information content (AvgIpc) is 3.29. The van der Waals surface area contributed by atoms with Crippen LogP contribution in [0.2, 0.25) is 0 Å². The van der Waals surface area contributed by atoms with E-state index in [1.54, 1.807) is 7.11 Å². The Balaban J connectivity index is 1.32. The maximum atomic E-state index is 13.1. The highest BCUT2D eigenvalue weighted by molar-refractivity contribution is 5.83. The molecule has 1 aliphatic heterocycles. The molecule has 31 heavy (non-hydrogen) atoms. The van der Waals surface area contributed by atoms with E-state index in [1.807, 2.05) is 59.5 Å². The van der Waals surface area contributed by atoms with Crippen molar-refractivity contribution in [1.29, 1.82) is 0 Å². The fraction of sp³-hybridized carbons (Fsp3) is 0.375. The molecule has 7 nitrogen and oxygen atoms in total. The Labute approximate surface area is 182 Å². The molecule has 0 spiro atoms. The molecule has 1 fully saturated rings. The number of hydrogen-bond acceptors (Lipinski definition) is 6. The maximum absolute atomic E-state index is 13.1.